The average Bonchev–Trinajstić information content (AvgIpc) is 2.37. The van der Waals surface area contributed by atoms with Crippen molar-refractivity contribution in [1.29, 1.82) is 0 Å². The molecule has 19 heavy (non-hydrogen) atoms. The first-order chi connectivity index (χ1) is 9.04. The lowest BCUT2D eigenvalue weighted by atomic mass is 10.1. The Morgan fingerprint density at radius 3 is 2.95 bits per heavy atom. The number of rotatable bonds is 2. The highest BCUT2D eigenvalue weighted by Crippen LogP contribution is 2.19. The second kappa shape index (κ2) is 5.36. The van der Waals surface area contributed by atoms with E-state index in [1.807, 2.05) is 0 Å². The number of hydrogen-bond acceptors (Lipinski definition) is 4. The maximum absolute atomic E-state index is 12.4. The number of halogens is 1. The summed E-state index contributed by atoms with van der Waals surface area (Å²) in [6.07, 6.45) is 3.21. The van der Waals surface area contributed by atoms with Crippen molar-refractivity contribution in [3.8, 4) is 0 Å². The standard InChI is InChI=1S/C12H12ClN3O3/c1-2-9-11(18)15-10(17)6-16(9)12(19)7-3-4-14-5-8(7)13/h3-5,9H,2,6H2,1H3,(H,15,17,18). The van der Waals surface area contributed by atoms with E-state index in [-0.39, 0.29) is 17.1 Å². The fourth-order valence-electron chi connectivity index (χ4n) is 1.99. The normalized spacial score (nSPS) is 19.3. The minimum Gasteiger partial charge on any atom is -0.317 e. The van der Waals surface area contributed by atoms with Crippen molar-refractivity contribution in [2.45, 2.75) is 19.4 Å². The van der Waals surface area contributed by atoms with Crippen LogP contribution in [0.1, 0.15) is 23.7 Å². The molecule has 1 aromatic rings. The maximum Gasteiger partial charge on any atom is 0.256 e. The predicted octanol–water partition coefficient (Wildman–Crippen LogP) is 0.612. The van der Waals surface area contributed by atoms with Crippen LogP contribution in [0, 0.1) is 0 Å². The van der Waals surface area contributed by atoms with Gasteiger partial charge in [0.05, 0.1) is 10.6 Å². The number of nitrogens with one attached hydrogen (secondary N) is 1. The summed E-state index contributed by atoms with van der Waals surface area (Å²) in [5.74, 6) is -1.40. The Morgan fingerprint density at radius 2 is 2.32 bits per heavy atom. The van der Waals surface area contributed by atoms with Crippen molar-refractivity contribution in [3.05, 3.63) is 29.0 Å². The second-order valence-electron chi connectivity index (χ2n) is 4.13. The molecule has 1 aliphatic rings. The van der Waals surface area contributed by atoms with Crippen LogP contribution in [0.5, 0.6) is 0 Å². The first kappa shape index (κ1) is 13.5. The molecular formula is C12H12ClN3O3. The minimum absolute atomic E-state index is 0.151. The Balaban J connectivity index is 2.33. The molecule has 0 saturated carbocycles. The van der Waals surface area contributed by atoms with Crippen LogP contribution in [-0.4, -0.2) is 40.2 Å². The SMILES string of the molecule is CCC1C(=O)NC(=O)CN1C(=O)c1ccncc1Cl. The third kappa shape index (κ3) is 2.58. The number of hydrogen-bond donors (Lipinski definition) is 1. The molecule has 1 saturated heterocycles. The summed E-state index contributed by atoms with van der Waals surface area (Å²) in [6.45, 7) is 1.62. The number of imide groups is 1. The molecule has 1 aromatic heterocycles. The molecule has 1 unspecified atom stereocenters. The molecule has 2 rings (SSSR count). The monoisotopic (exact) mass is 281 g/mol. The first-order valence-electron chi connectivity index (χ1n) is 5.78. The molecule has 0 aliphatic carbocycles. The van der Waals surface area contributed by atoms with Crippen LogP contribution in [0.4, 0.5) is 0 Å². The van der Waals surface area contributed by atoms with Gasteiger partial charge in [-0.1, -0.05) is 18.5 Å². The summed E-state index contributed by atoms with van der Waals surface area (Å²) in [5.41, 5.74) is 0.234. The van der Waals surface area contributed by atoms with Gasteiger partial charge in [-0.25, -0.2) is 0 Å². The molecule has 0 radical (unpaired) electrons. The van der Waals surface area contributed by atoms with Crippen molar-refractivity contribution in [1.82, 2.24) is 15.2 Å². The van der Waals surface area contributed by atoms with Crippen LogP contribution < -0.4 is 5.32 Å². The highest BCUT2D eigenvalue weighted by atomic mass is 35.5. The highest BCUT2D eigenvalue weighted by molar-refractivity contribution is 6.33. The van der Waals surface area contributed by atoms with Crippen LogP contribution in [0.3, 0.4) is 0 Å². The van der Waals surface area contributed by atoms with Gasteiger partial charge in [0, 0.05) is 12.4 Å². The van der Waals surface area contributed by atoms with Crippen molar-refractivity contribution in [2.24, 2.45) is 0 Å². The second-order valence-corrected chi connectivity index (χ2v) is 4.53. The molecule has 1 aliphatic heterocycles. The molecule has 1 N–H and O–H groups in total. The van der Waals surface area contributed by atoms with E-state index in [2.05, 4.69) is 10.3 Å². The van der Waals surface area contributed by atoms with E-state index in [0.717, 1.165) is 0 Å². The van der Waals surface area contributed by atoms with Crippen molar-refractivity contribution in [2.75, 3.05) is 6.54 Å². The van der Waals surface area contributed by atoms with Gasteiger partial charge in [0.15, 0.2) is 0 Å². The van der Waals surface area contributed by atoms with Gasteiger partial charge >= 0.3 is 0 Å². The van der Waals surface area contributed by atoms with Crippen LogP contribution >= 0.6 is 11.6 Å². The van der Waals surface area contributed by atoms with E-state index < -0.39 is 23.8 Å². The number of aromatic nitrogens is 1. The number of carbonyl (C=O) groups is 3. The van der Waals surface area contributed by atoms with Gasteiger partial charge < -0.3 is 4.90 Å². The van der Waals surface area contributed by atoms with E-state index in [1.54, 1.807) is 6.92 Å². The minimum atomic E-state index is -0.658. The number of carbonyl (C=O) groups excluding carboxylic acids is 3. The summed E-state index contributed by atoms with van der Waals surface area (Å²) in [5, 5.41) is 2.41. The van der Waals surface area contributed by atoms with Gasteiger partial charge in [-0.2, -0.15) is 0 Å². The van der Waals surface area contributed by atoms with Crippen molar-refractivity contribution >= 4 is 29.3 Å². The topological polar surface area (TPSA) is 79.4 Å². The fraction of sp³-hybridized carbons (Fsp3) is 0.333. The molecular weight excluding hydrogens is 270 g/mol. The lowest BCUT2D eigenvalue weighted by Crippen LogP contribution is -2.59. The first-order valence-corrected chi connectivity index (χ1v) is 6.16. The van der Waals surface area contributed by atoms with E-state index in [4.69, 9.17) is 11.6 Å². The molecule has 0 aromatic carbocycles. The van der Waals surface area contributed by atoms with Gasteiger partial charge in [-0.15, -0.1) is 0 Å². The van der Waals surface area contributed by atoms with Crippen LogP contribution in [0.15, 0.2) is 18.5 Å². The molecule has 2 heterocycles. The third-order valence-corrected chi connectivity index (χ3v) is 3.21. The summed E-state index contributed by atoms with van der Waals surface area (Å²) < 4.78 is 0. The Kier molecular flexibility index (Phi) is 3.80. The molecule has 3 amide bonds. The molecule has 1 fully saturated rings. The quantitative estimate of drug-likeness (QED) is 0.806. The average molecular weight is 282 g/mol. The van der Waals surface area contributed by atoms with E-state index >= 15 is 0 Å². The number of piperazine rings is 1. The Labute approximate surface area is 114 Å². The van der Waals surface area contributed by atoms with Crippen LogP contribution in [-0.2, 0) is 9.59 Å². The predicted molar refractivity (Wildman–Crippen MR) is 67.5 cm³/mol. The smallest absolute Gasteiger partial charge is 0.256 e. The van der Waals surface area contributed by atoms with Crippen molar-refractivity contribution in [3.63, 3.8) is 0 Å². The fourth-order valence-corrected chi connectivity index (χ4v) is 2.19. The number of amides is 3. The summed E-state index contributed by atoms with van der Waals surface area (Å²) >= 11 is 5.91. The van der Waals surface area contributed by atoms with Gasteiger partial charge in [0.1, 0.15) is 12.6 Å². The summed E-state index contributed by atoms with van der Waals surface area (Å²) in [4.78, 5) is 40.5. The van der Waals surface area contributed by atoms with Crippen LogP contribution in [0.2, 0.25) is 5.02 Å². The summed E-state index contributed by atoms with van der Waals surface area (Å²) in [6, 6.07) is 0.809. The van der Waals surface area contributed by atoms with Gasteiger partial charge in [-0.05, 0) is 12.5 Å². The zero-order valence-electron chi connectivity index (χ0n) is 10.2. The lowest BCUT2D eigenvalue weighted by Gasteiger charge is -2.33. The van der Waals surface area contributed by atoms with E-state index in [1.165, 1.54) is 23.4 Å². The lowest BCUT2D eigenvalue weighted by molar-refractivity contribution is -0.138. The Hall–Kier alpha value is -1.95. The van der Waals surface area contributed by atoms with E-state index in [0.29, 0.717) is 6.42 Å². The Bertz CT molecular complexity index is 547. The summed E-state index contributed by atoms with van der Waals surface area (Å²) in [7, 11) is 0. The molecule has 0 spiro atoms. The Morgan fingerprint density at radius 1 is 1.58 bits per heavy atom. The van der Waals surface area contributed by atoms with Gasteiger partial charge in [0.2, 0.25) is 11.8 Å². The molecule has 0 bridgehead atoms. The molecule has 1 atom stereocenters. The maximum atomic E-state index is 12.4. The largest absolute Gasteiger partial charge is 0.317 e. The molecule has 7 heteroatoms. The van der Waals surface area contributed by atoms with Gasteiger partial charge in [0.25, 0.3) is 5.91 Å². The van der Waals surface area contributed by atoms with E-state index in [9.17, 15) is 14.4 Å². The molecule has 6 nitrogen and oxygen atoms in total. The van der Waals surface area contributed by atoms with Crippen LogP contribution in [0.25, 0.3) is 0 Å². The highest BCUT2D eigenvalue weighted by Gasteiger charge is 2.36. The zero-order chi connectivity index (χ0) is 14.0. The third-order valence-electron chi connectivity index (χ3n) is 2.91. The van der Waals surface area contributed by atoms with Gasteiger partial charge in [-0.3, -0.25) is 24.7 Å². The zero-order valence-corrected chi connectivity index (χ0v) is 11.0. The number of pyridine rings is 1. The number of nitrogens with zero attached hydrogens (tertiary/aromatic N) is 2. The molecule has 100 valence electrons. The van der Waals surface area contributed by atoms with Crippen molar-refractivity contribution < 1.29 is 14.4 Å².